The van der Waals surface area contributed by atoms with Crippen molar-refractivity contribution >= 4 is 17.9 Å². The van der Waals surface area contributed by atoms with Crippen molar-refractivity contribution in [3.05, 3.63) is 83.2 Å². The molecule has 1 saturated heterocycles. The van der Waals surface area contributed by atoms with E-state index in [1.54, 1.807) is 19.0 Å². The molecule has 170 valence electrons. The lowest BCUT2D eigenvalue weighted by molar-refractivity contribution is -0.135. The minimum Gasteiger partial charge on any atom is -0.314 e. The van der Waals surface area contributed by atoms with Crippen LogP contribution in [-0.4, -0.2) is 70.3 Å². The van der Waals surface area contributed by atoms with Crippen LogP contribution in [-0.2, 0) is 4.79 Å². The average Bonchev–Trinajstić information content (AvgIpc) is 3.34. The highest BCUT2D eigenvalue weighted by atomic mass is 16.2. The number of guanidine groups is 1. The monoisotopic (exact) mass is 443 g/mol. The minimum atomic E-state index is -0.508. The van der Waals surface area contributed by atoms with Crippen LogP contribution in [0, 0.1) is 0 Å². The van der Waals surface area contributed by atoms with Gasteiger partial charge in [-0.3, -0.25) is 14.6 Å². The van der Waals surface area contributed by atoms with E-state index in [1.807, 2.05) is 24.0 Å². The number of carbonyl (C=O) groups is 2. The van der Waals surface area contributed by atoms with Crippen molar-refractivity contribution < 1.29 is 9.59 Å². The van der Waals surface area contributed by atoms with Gasteiger partial charge in [0.05, 0.1) is 0 Å². The number of likely N-dealkylation sites (N-methyl/N-ethyl adjacent to an activating group) is 2. The van der Waals surface area contributed by atoms with Crippen LogP contribution >= 0.6 is 0 Å². The molecule has 0 aromatic heterocycles. The van der Waals surface area contributed by atoms with E-state index < -0.39 is 12.2 Å². The number of hydrogen-bond acceptors (Lipinski definition) is 5. The van der Waals surface area contributed by atoms with Crippen LogP contribution in [0.3, 0.4) is 0 Å². The molecule has 2 unspecified atom stereocenters. The molecule has 33 heavy (non-hydrogen) atoms. The Balaban J connectivity index is 1.44. The Labute approximate surface area is 194 Å². The van der Waals surface area contributed by atoms with Crippen molar-refractivity contribution in [3.8, 4) is 0 Å². The molecule has 5 rings (SSSR count). The largest absolute Gasteiger partial charge is 0.328 e. The Morgan fingerprint density at radius 3 is 2.03 bits per heavy atom. The molecule has 0 N–H and O–H groups in total. The lowest BCUT2D eigenvalue weighted by Gasteiger charge is -2.39. The Bertz CT molecular complexity index is 1100. The second kappa shape index (κ2) is 8.06. The van der Waals surface area contributed by atoms with Crippen molar-refractivity contribution in [1.82, 2.24) is 19.6 Å². The topological polar surface area (TPSA) is 59.5 Å². The second-order valence-corrected chi connectivity index (χ2v) is 8.93. The zero-order valence-corrected chi connectivity index (χ0v) is 19.5. The number of fused-ring (bicyclic) bond motifs is 3. The fraction of sp³-hybridized carbons (Fsp3) is 0.346. The van der Waals surface area contributed by atoms with E-state index in [0.29, 0.717) is 0 Å². The molecule has 3 aliphatic rings. The van der Waals surface area contributed by atoms with Gasteiger partial charge in [0.25, 0.3) is 5.91 Å². The summed E-state index contributed by atoms with van der Waals surface area (Å²) in [5, 5.41) is 0. The first-order valence-corrected chi connectivity index (χ1v) is 11.4. The van der Waals surface area contributed by atoms with Gasteiger partial charge in [-0.15, -0.1) is 0 Å². The quantitative estimate of drug-likeness (QED) is 0.708. The first-order valence-electron chi connectivity index (χ1n) is 11.4. The SMILES string of the molecule is CC1=C(C)N2C(=NC3C2C(=O)N(C)C(=O)N3C)N1CCC(c1ccccc1)c1ccccc1. The minimum absolute atomic E-state index is 0.206. The highest BCUT2D eigenvalue weighted by molar-refractivity contribution is 6.04. The molecule has 2 aromatic rings. The van der Waals surface area contributed by atoms with Crippen LogP contribution in [0.5, 0.6) is 0 Å². The number of amides is 3. The van der Waals surface area contributed by atoms with Crippen LogP contribution in [0.15, 0.2) is 77.1 Å². The second-order valence-electron chi connectivity index (χ2n) is 8.93. The van der Waals surface area contributed by atoms with Gasteiger partial charge in [-0.05, 0) is 31.4 Å². The predicted octanol–water partition coefficient (Wildman–Crippen LogP) is 3.67. The maximum atomic E-state index is 13.0. The third-order valence-electron chi connectivity index (χ3n) is 7.17. The number of imide groups is 1. The van der Waals surface area contributed by atoms with Gasteiger partial charge in [0.2, 0.25) is 5.96 Å². The average molecular weight is 444 g/mol. The van der Waals surface area contributed by atoms with Crippen molar-refractivity contribution in [1.29, 1.82) is 0 Å². The number of aliphatic imine (C=N–C) groups is 1. The Morgan fingerprint density at radius 2 is 1.45 bits per heavy atom. The summed E-state index contributed by atoms with van der Waals surface area (Å²) in [4.78, 5) is 37.4. The van der Waals surface area contributed by atoms with Gasteiger partial charge in [-0.1, -0.05) is 60.7 Å². The fourth-order valence-electron chi connectivity index (χ4n) is 5.19. The molecule has 0 aliphatic carbocycles. The van der Waals surface area contributed by atoms with Crippen LogP contribution in [0.1, 0.15) is 37.3 Å². The molecule has 0 radical (unpaired) electrons. The van der Waals surface area contributed by atoms with Crippen LogP contribution in [0.4, 0.5) is 4.79 Å². The lowest BCUT2D eigenvalue weighted by Crippen LogP contribution is -2.63. The first-order chi connectivity index (χ1) is 15.9. The summed E-state index contributed by atoms with van der Waals surface area (Å²) in [5.74, 6) is 0.807. The molecular weight excluding hydrogens is 414 g/mol. The van der Waals surface area contributed by atoms with Crippen molar-refractivity contribution in [2.75, 3.05) is 20.6 Å². The fourth-order valence-corrected chi connectivity index (χ4v) is 5.19. The van der Waals surface area contributed by atoms with E-state index >= 15 is 0 Å². The van der Waals surface area contributed by atoms with Crippen LogP contribution < -0.4 is 0 Å². The molecule has 3 heterocycles. The van der Waals surface area contributed by atoms with Crippen LogP contribution in [0.25, 0.3) is 0 Å². The standard InChI is InChI=1S/C26H29N5O2/c1-17-18(2)31-22-23(28(3)26(33)29(4)24(22)32)27-25(31)30(17)16-15-21(19-11-7-5-8-12-19)20-13-9-6-10-14-20/h5-14,21-23H,15-16H2,1-4H3. The highest BCUT2D eigenvalue weighted by Crippen LogP contribution is 2.38. The molecule has 3 aliphatic heterocycles. The van der Waals surface area contributed by atoms with E-state index in [9.17, 15) is 9.59 Å². The van der Waals surface area contributed by atoms with Gasteiger partial charge in [0.1, 0.15) is 0 Å². The zero-order valence-electron chi connectivity index (χ0n) is 19.5. The van der Waals surface area contributed by atoms with Gasteiger partial charge in [0.15, 0.2) is 12.2 Å². The van der Waals surface area contributed by atoms with Gasteiger partial charge >= 0.3 is 6.03 Å². The third-order valence-corrected chi connectivity index (χ3v) is 7.17. The van der Waals surface area contributed by atoms with E-state index in [4.69, 9.17) is 4.99 Å². The van der Waals surface area contributed by atoms with Gasteiger partial charge in [-0.25, -0.2) is 9.79 Å². The summed E-state index contributed by atoms with van der Waals surface area (Å²) in [6, 6.07) is 20.3. The molecule has 7 nitrogen and oxygen atoms in total. The molecule has 2 atom stereocenters. The zero-order chi connectivity index (χ0) is 23.3. The van der Waals surface area contributed by atoms with Crippen LogP contribution in [0.2, 0.25) is 0 Å². The molecular formula is C26H29N5O2. The van der Waals surface area contributed by atoms with E-state index in [2.05, 4.69) is 60.4 Å². The molecule has 0 spiro atoms. The number of benzene rings is 2. The molecule has 7 heteroatoms. The molecule has 0 saturated carbocycles. The normalized spacial score (nSPS) is 22.4. The first kappa shape index (κ1) is 21.2. The van der Waals surface area contributed by atoms with Crippen molar-refractivity contribution in [2.24, 2.45) is 4.99 Å². The molecule has 1 fully saturated rings. The summed E-state index contributed by atoms with van der Waals surface area (Å²) in [6.07, 6.45) is 0.393. The number of nitrogens with zero attached hydrogens (tertiary/aromatic N) is 5. The summed E-state index contributed by atoms with van der Waals surface area (Å²) < 4.78 is 0. The predicted molar refractivity (Wildman–Crippen MR) is 127 cm³/mol. The Kier molecular flexibility index (Phi) is 5.19. The number of carbonyl (C=O) groups excluding carboxylic acids is 2. The third kappa shape index (κ3) is 3.30. The summed E-state index contributed by atoms with van der Waals surface area (Å²) >= 11 is 0. The smallest absolute Gasteiger partial charge is 0.314 e. The van der Waals surface area contributed by atoms with E-state index in [-0.39, 0.29) is 17.9 Å². The van der Waals surface area contributed by atoms with Gasteiger partial charge in [0, 0.05) is 38.0 Å². The lowest BCUT2D eigenvalue weighted by atomic mass is 9.88. The number of rotatable bonds is 5. The number of allylic oxidation sites excluding steroid dienone is 2. The summed E-state index contributed by atoms with van der Waals surface area (Å²) in [6.45, 7) is 4.87. The van der Waals surface area contributed by atoms with E-state index in [1.165, 1.54) is 16.0 Å². The molecule has 3 amide bonds. The summed E-state index contributed by atoms with van der Waals surface area (Å²) in [7, 11) is 3.26. The highest BCUT2D eigenvalue weighted by Gasteiger charge is 2.54. The van der Waals surface area contributed by atoms with Crippen molar-refractivity contribution in [2.45, 2.75) is 38.4 Å². The molecule has 2 aromatic carbocycles. The van der Waals surface area contributed by atoms with E-state index in [0.717, 1.165) is 30.3 Å². The number of hydrogen-bond donors (Lipinski definition) is 0. The molecule has 0 bridgehead atoms. The maximum absolute atomic E-state index is 13.0. The maximum Gasteiger partial charge on any atom is 0.328 e. The number of urea groups is 1. The van der Waals surface area contributed by atoms with Crippen molar-refractivity contribution in [3.63, 3.8) is 0 Å². The Hall–Kier alpha value is -3.61. The van der Waals surface area contributed by atoms with Gasteiger partial charge < -0.3 is 9.80 Å². The summed E-state index contributed by atoms with van der Waals surface area (Å²) in [5.41, 5.74) is 4.67. The Morgan fingerprint density at radius 1 is 0.879 bits per heavy atom. The van der Waals surface area contributed by atoms with Gasteiger partial charge in [-0.2, -0.15) is 0 Å².